The number of rotatable bonds is 5. The Balaban J connectivity index is 1.42. The topological polar surface area (TPSA) is 71.8 Å². The third kappa shape index (κ3) is 3.18. The number of aromatic nitrogens is 3. The highest BCUT2D eigenvalue weighted by Crippen LogP contribution is 2.41. The lowest BCUT2D eigenvalue weighted by molar-refractivity contribution is 0.177. The Labute approximate surface area is 152 Å². The van der Waals surface area contributed by atoms with Gasteiger partial charge in [-0.1, -0.05) is 48.5 Å². The smallest absolute Gasteiger partial charge is 0.315 e. The van der Waals surface area contributed by atoms with Gasteiger partial charge in [-0.3, -0.25) is 4.57 Å². The predicted octanol–water partition coefficient (Wildman–Crippen LogP) is 3.15. The Morgan fingerprint density at radius 1 is 1.04 bits per heavy atom. The van der Waals surface area contributed by atoms with Gasteiger partial charge < -0.3 is 10.6 Å². The van der Waals surface area contributed by atoms with E-state index >= 15 is 0 Å². The average Bonchev–Trinajstić information content (AvgIpc) is 3.13. The van der Waals surface area contributed by atoms with Crippen LogP contribution < -0.4 is 10.6 Å². The predicted molar refractivity (Wildman–Crippen MR) is 98.7 cm³/mol. The van der Waals surface area contributed by atoms with Crippen molar-refractivity contribution in [3.05, 3.63) is 78.4 Å². The van der Waals surface area contributed by atoms with Crippen molar-refractivity contribution >= 4 is 6.03 Å². The van der Waals surface area contributed by atoms with Crippen molar-refractivity contribution in [1.29, 1.82) is 0 Å². The van der Waals surface area contributed by atoms with Gasteiger partial charge in [0.2, 0.25) is 0 Å². The summed E-state index contributed by atoms with van der Waals surface area (Å²) in [6.07, 6.45) is 4.70. The second-order valence-electron chi connectivity index (χ2n) is 6.56. The molecule has 0 unspecified atom stereocenters. The van der Waals surface area contributed by atoms with Crippen molar-refractivity contribution in [2.45, 2.75) is 31.3 Å². The fourth-order valence-electron chi connectivity index (χ4n) is 3.38. The Morgan fingerprint density at radius 2 is 1.73 bits per heavy atom. The highest BCUT2D eigenvalue weighted by molar-refractivity contribution is 5.75. The summed E-state index contributed by atoms with van der Waals surface area (Å²) in [6.45, 7) is 0.311. The summed E-state index contributed by atoms with van der Waals surface area (Å²) in [6, 6.07) is 19.8. The molecule has 0 atom stereocenters. The van der Waals surface area contributed by atoms with Gasteiger partial charge in [0.05, 0.1) is 12.1 Å². The molecule has 3 aromatic rings. The molecule has 0 aliphatic heterocycles. The maximum Gasteiger partial charge on any atom is 0.315 e. The molecule has 0 bridgehead atoms. The summed E-state index contributed by atoms with van der Waals surface area (Å²) in [5.41, 5.74) is 1.88. The average molecular weight is 347 g/mol. The monoisotopic (exact) mass is 347 g/mol. The Morgan fingerprint density at radius 3 is 2.38 bits per heavy atom. The van der Waals surface area contributed by atoms with Gasteiger partial charge in [0.15, 0.2) is 5.82 Å². The number of carbonyl (C=O) groups is 1. The van der Waals surface area contributed by atoms with Gasteiger partial charge in [0.25, 0.3) is 0 Å². The number of para-hydroxylation sites is 1. The molecule has 4 rings (SSSR count). The van der Waals surface area contributed by atoms with E-state index in [4.69, 9.17) is 0 Å². The minimum absolute atomic E-state index is 0.184. The molecule has 1 saturated carbocycles. The Hall–Kier alpha value is -3.15. The summed E-state index contributed by atoms with van der Waals surface area (Å²) in [7, 11) is 0. The lowest BCUT2D eigenvalue weighted by Gasteiger charge is -2.43. The third-order valence-electron chi connectivity index (χ3n) is 4.95. The van der Waals surface area contributed by atoms with E-state index in [-0.39, 0.29) is 11.6 Å². The number of urea groups is 1. The van der Waals surface area contributed by atoms with Crippen molar-refractivity contribution < 1.29 is 4.79 Å². The van der Waals surface area contributed by atoms with E-state index in [1.54, 1.807) is 6.33 Å². The first-order valence-electron chi connectivity index (χ1n) is 8.83. The van der Waals surface area contributed by atoms with Crippen molar-refractivity contribution in [1.82, 2.24) is 25.4 Å². The largest absolute Gasteiger partial charge is 0.331 e. The fraction of sp³-hybridized carbons (Fsp3) is 0.250. The molecular formula is C20H21N5O. The van der Waals surface area contributed by atoms with Gasteiger partial charge in [-0.2, -0.15) is 0 Å². The molecule has 2 N–H and O–H groups in total. The van der Waals surface area contributed by atoms with Gasteiger partial charge in [-0.05, 0) is 37.0 Å². The quantitative estimate of drug-likeness (QED) is 0.745. The van der Waals surface area contributed by atoms with Crippen molar-refractivity contribution in [2.75, 3.05) is 0 Å². The van der Waals surface area contributed by atoms with Crippen LogP contribution in [0.15, 0.2) is 67.0 Å². The lowest BCUT2D eigenvalue weighted by atomic mass is 9.72. The van der Waals surface area contributed by atoms with Crippen LogP contribution >= 0.6 is 0 Å². The fourth-order valence-corrected chi connectivity index (χ4v) is 3.38. The normalized spacial score (nSPS) is 15.1. The highest BCUT2D eigenvalue weighted by atomic mass is 16.2. The van der Waals surface area contributed by atoms with Crippen LogP contribution in [0.25, 0.3) is 5.69 Å². The van der Waals surface area contributed by atoms with Crippen molar-refractivity contribution in [3.63, 3.8) is 0 Å². The van der Waals surface area contributed by atoms with Crippen LogP contribution in [-0.4, -0.2) is 20.8 Å². The van der Waals surface area contributed by atoms with E-state index in [0.717, 1.165) is 30.5 Å². The van der Waals surface area contributed by atoms with E-state index in [1.807, 2.05) is 53.1 Å². The molecule has 2 amide bonds. The first-order chi connectivity index (χ1) is 12.8. The molecular weight excluding hydrogens is 326 g/mol. The summed E-state index contributed by atoms with van der Waals surface area (Å²) < 4.78 is 1.87. The first kappa shape index (κ1) is 16.3. The molecule has 0 radical (unpaired) electrons. The Kier molecular flexibility index (Phi) is 4.39. The number of benzene rings is 2. The molecule has 132 valence electrons. The van der Waals surface area contributed by atoms with Crippen LogP contribution in [0, 0.1) is 0 Å². The van der Waals surface area contributed by atoms with Gasteiger partial charge in [-0.15, -0.1) is 10.2 Å². The zero-order valence-electron chi connectivity index (χ0n) is 14.4. The number of nitrogens with zero attached hydrogens (tertiary/aromatic N) is 3. The van der Waals surface area contributed by atoms with Crippen LogP contribution in [0.1, 0.15) is 30.7 Å². The van der Waals surface area contributed by atoms with E-state index in [2.05, 4.69) is 33.0 Å². The molecule has 1 fully saturated rings. The molecule has 1 aliphatic rings. The van der Waals surface area contributed by atoms with Gasteiger partial charge in [0.1, 0.15) is 6.33 Å². The first-order valence-corrected chi connectivity index (χ1v) is 8.83. The van der Waals surface area contributed by atoms with Crippen molar-refractivity contribution in [3.8, 4) is 5.69 Å². The molecule has 0 saturated heterocycles. The number of amides is 2. The van der Waals surface area contributed by atoms with Crippen molar-refractivity contribution in [2.24, 2.45) is 0 Å². The van der Waals surface area contributed by atoms with Gasteiger partial charge >= 0.3 is 6.03 Å². The molecule has 1 aliphatic carbocycles. The van der Waals surface area contributed by atoms with E-state index in [9.17, 15) is 4.79 Å². The minimum Gasteiger partial charge on any atom is -0.331 e. The number of hydrogen-bond acceptors (Lipinski definition) is 3. The van der Waals surface area contributed by atoms with E-state index < -0.39 is 0 Å². The SMILES string of the molecule is O=C(NCc1nncn1-c1ccccc1)NC1(c2ccccc2)CCC1. The highest BCUT2D eigenvalue weighted by Gasteiger charge is 2.39. The molecule has 1 heterocycles. The van der Waals surface area contributed by atoms with Crippen LogP contribution in [0.5, 0.6) is 0 Å². The number of nitrogens with one attached hydrogen (secondary N) is 2. The van der Waals surface area contributed by atoms with Gasteiger partial charge in [-0.25, -0.2) is 4.79 Å². The van der Waals surface area contributed by atoms with E-state index in [1.165, 1.54) is 0 Å². The molecule has 1 aromatic heterocycles. The number of hydrogen-bond donors (Lipinski definition) is 2. The third-order valence-corrected chi connectivity index (χ3v) is 4.95. The van der Waals surface area contributed by atoms with Crippen LogP contribution in [0.2, 0.25) is 0 Å². The summed E-state index contributed by atoms with van der Waals surface area (Å²) >= 11 is 0. The minimum atomic E-state index is -0.252. The summed E-state index contributed by atoms with van der Waals surface area (Å²) in [5, 5.41) is 14.2. The van der Waals surface area contributed by atoms with Gasteiger partial charge in [0, 0.05) is 5.69 Å². The molecule has 0 spiro atoms. The number of carbonyl (C=O) groups excluding carboxylic acids is 1. The molecule has 6 heteroatoms. The summed E-state index contributed by atoms with van der Waals surface area (Å²) in [4.78, 5) is 12.5. The molecule has 2 aromatic carbocycles. The van der Waals surface area contributed by atoms with Crippen LogP contribution in [0.4, 0.5) is 4.79 Å². The van der Waals surface area contributed by atoms with E-state index in [0.29, 0.717) is 12.4 Å². The molecule has 6 nitrogen and oxygen atoms in total. The maximum absolute atomic E-state index is 12.5. The van der Waals surface area contributed by atoms with Crippen LogP contribution in [0.3, 0.4) is 0 Å². The Bertz CT molecular complexity index is 871. The van der Waals surface area contributed by atoms with Crippen LogP contribution in [-0.2, 0) is 12.1 Å². The second-order valence-corrected chi connectivity index (χ2v) is 6.56. The second kappa shape index (κ2) is 7.00. The molecule has 26 heavy (non-hydrogen) atoms. The lowest BCUT2D eigenvalue weighted by Crippen LogP contribution is -2.53. The standard InChI is InChI=1S/C20H21N5O/c26-19(23-20(12-7-13-20)16-8-3-1-4-9-16)21-14-18-24-22-15-25(18)17-10-5-2-6-11-17/h1-6,8-11,15H,7,12-14H2,(H2,21,23,26). The maximum atomic E-state index is 12.5. The summed E-state index contributed by atoms with van der Waals surface area (Å²) in [5.74, 6) is 0.689. The zero-order valence-corrected chi connectivity index (χ0v) is 14.4. The zero-order chi connectivity index (χ0) is 17.8.